The Morgan fingerprint density at radius 2 is 1.94 bits per heavy atom. The van der Waals surface area contributed by atoms with E-state index in [4.69, 9.17) is 9.47 Å². The molecule has 1 atom stereocenters. The molecule has 4 heterocycles. The van der Waals surface area contributed by atoms with Gasteiger partial charge in [0.05, 0.1) is 11.6 Å². The number of pyridine rings is 1. The van der Waals surface area contributed by atoms with Crippen LogP contribution in [0.1, 0.15) is 23.3 Å². The van der Waals surface area contributed by atoms with Crippen molar-refractivity contribution in [3.05, 3.63) is 54.4 Å². The van der Waals surface area contributed by atoms with Crippen molar-refractivity contribution < 1.29 is 19.1 Å². The van der Waals surface area contributed by atoms with E-state index in [0.29, 0.717) is 60.6 Å². The Morgan fingerprint density at radius 1 is 1.06 bits per heavy atom. The van der Waals surface area contributed by atoms with E-state index in [9.17, 15) is 9.59 Å². The zero-order valence-electron chi connectivity index (χ0n) is 17.4. The maximum absolute atomic E-state index is 13.0. The normalized spacial score (nSPS) is 17.6. The number of rotatable bonds is 4. The number of likely N-dealkylation sites (tertiary alicyclic amines) is 1. The van der Waals surface area contributed by atoms with E-state index >= 15 is 0 Å². The molecule has 1 aromatic carbocycles. The van der Waals surface area contributed by atoms with E-state index in [1.807, 2.05) is 18.2 Å². The third kappa shape index (κ3) is 4.14. The van der Waals surface area contributed by atoms with Gasteiger partial charge >= 0.3 is 0 Å². The molecule has 164 valence electrons. The summed E-state index contributed by atoms with van der Waals surface area (Å²) in [6.45, 7) is 1.96. The average Bonchev–Trinajstić information content (AvgIpc) is 3.34. The number of nitrogens with one attached hydrogen (secondary N) is 2. The number of anilines is 1. The largest absolute Gasteiger partial charge is 0.486 e. The monoisotopic (exact) mass is 433 g/mol. The fourth-order valence-corrected chi connectivity index (χ4v) is 3.99. The molecular weight excluding hydrogens is 410 g/mol. The molecule has 0 bridgehead atoms. The summed E-state index contributed by atoms with van der Waals surface area (Å²) in [5, 5.41) is 9.96. The van der Waals surface area contributed by atoms with E-state index in [2.05, 4.69) is 20.5 Å². The minimum atomic E-state index is -0.293. The van der Waals surface area contributed by atoms with Crippen molar-refractivity contribution in [1.82, 2.24) is 20.1 Å². The Hall–Kier alpha value is -3.88. The maximum Gasteiger partial charge on any atom is 0.271 e. The number of aromatic amines is 1. The number of aromatic nitrogens is 3. The number of carbonyl (C=O) groups excluding carboxylic acids is 2. The van der Waals surface area contributed by atoms with Crippen LogP contribution in [0.4, 0.5) is 5.69 Å². The molecule has 0 spiro atoms. The number of carbonyl (C=O) groups is 2. The highest BCUT2D eigenvalue weighted by Crippen LogP contribution is 2.33. The lowest BCUT2D eigenvalue weighted by atomic mass is 9.96. The smallest absolute Gasteiger partial charge is 0.271 e. The second kappa shape index (κ2) is 8.70. The van der Waals surface area contributed by atoms with Crippen LogP contribution < -0.4 is 14.8 Å². The fraction of sp³-hybridized carbons (Fsp3) is 0.304. The molecule has 2 aromatic heterocycles. The van der Waals surface area contributed by atoms with Crippen LogP contribution in [-0.4, -0.2) is 58.2 Å². The van der Waals surface area contributed by atoms with Gasteiger partial charge in [-0.1, -0.05) is 6.07 Å². The summed E-state index contributed by atoms with van der Waals surface area (Å²) in [4.78, 5) is 31.8. The van der Waals surface area contributed by atoms with Crippen LogP contribution in [0, 0.1) is 5.92 Å². The van der Waals surface area contributed by atoms with Gasteiger partial charge in [0.25, 0.3) is 5.91 Å². The minimum Gasteiger partial charge on any atom is -0.486 e. The minimum absolute atomic E-state index is 0.113. The van der Waals surface area contributed by atoms with Crippen molar-refractivity contribution in [2.24, 2.45) is 5.92 Å². The summed E-state index contributed by atoms with van der Waals surface area (Å²) in [5.41, 5.74) is 2.34. The van der Waals surface area contributed by atoms with Gasteiger partial charge in [-0.25, -0.2) is 0 Å². The van der Waals surface area contributed by atoms with Crippen molar-refractivity contribution in [3.8, 4) is 22.9 Å². The molecule has 2 N–H and O–H groups in total. The summed E-state index contributed by atoms with van der Waals surface area (Å²) in [7, 11) is 0. The molecular formula is C23H23N5O4. The number of fused-ring (bicyclic) bond motifs is 1. The molecule has 1 saturated heterocycles. The van der Waals surface area contributed by atoms with E-state index in [1.54, 1.807) is 35.4 Å². The van der Waals surface area contributed by atoms with E-state index in [0.717, 1.165) is 12.8 Å². The van der Waals surface area contributed by atoms with Gasteiger partial charge in [-0.05, 0) is 43.2 Å². The van der Waals surface area contributed by atoms with Gasteiger partial charge < -0.3 is 19.7 Å². The third-order valence-electron chi connectivity index (χ3n) is 5.62. The molecule has 9 heteroatoms. The Kier molecular flexibility index (Phi) is 5.45. The number of nitrogens with zero attached hydrogens (tertiary/aromatic N) is 3. The van der Waals surface area contributed by atoms with Crippen molar-refractivity contribution >= 4 is 17.5 Å². The fourth-order valence-electron chi connectivity index (χ4n) is 3.99. The summed E-state index contributed by atoms with van der Waals surface area (Å²) in [5.74, 6) is 0.722. The predicted molar refractivity (Wildman–Crippen MR) is 117 cm³/mol. The van der Waals surface area contributed by atoms with Crippen LogP contribution in [0.2, 0.25) is 0 Å². The number of piperidine rings is 1. The molecule has 0 unspecified atom stereocenters. The zero-order valence-corrected chi connectivity index (χ0v) is 17.4. The molecule has 5 rings (SSSR count). The first-order valence-corrected chi connectivity index (χ1v) is 10.6. The summed E-state index contributed by atoms with van der Waals surface area (Å²) < 4.78 is 11.1. The van der Waals surface area contributed by atoms with Crippen molar-refractivity contribution in [2.45, 2.75) is 12.8 Å². The van der Waals surface area contributed by atoms with Crippen LogP contribution in [-0.2, 0) is 4.79 Å². The van der Waals surface area contributed by atoms with Crippen molar-refractivity contribution in [3.63, 3.8) is 0 Å². The van der Waals surface area contributed by atoms with E-state index in [1.165, 1.54) is 0 Å². The van der Waals surface area contributed by atoms with Crippen LogP contribution in [0.15, 0.2) is 48.7 Å². The summed E-state index contributed by atoms with van der Waals surface area (Å²) in [6.07, 6.45) is 3.16. The molecule has 2 aliphatic rings. The van der Waals surface area contributed by atoms with Gasteiger partial charge in [0.15, 0.2) is 11.5 Å². The topological polar surface area (TPSA) is 109 Å². The lowest BCUT2D eigenvalue weighted by Gasteiger charge is -2.31. The Morgan fingerprint density at radius 3 is 2.78 bits per heavy atom. The van der Waals surface area contributed by atoms with Crippen molar-refractivity contribution in [1.29, 1.82) is 0 Å². The highest BCUT2D eigenvalue weighted by molar-refractivity contribution is 5.96. The zero-order chi connectivity index (χ0) is 21.9. The van der Waals surface area contributed by atoms with Crippen molar-refractivity contribution in [2.75, 3.05) is 31.6 Å². The molecule has 0 saturated carbocycles. The number of hydrogen-bond donors (Lipinski definition) is 2. The van der Waals surface area contributed by atoms with Gasteiger partial charge in [-0.3, -0.25) is 19.7 Å². The van der Waals surface area contributed by atoms with Gasteiger partial charge in [-0.15, -0.1) is 0 Å². The maximum atomic E-state index is 13.0. The standard InChI is InChI=1S/C23H23N5O4/c29-22(25-16-6-7-20-21(12-16)32-11-10-31-20)15-4-3-9-28(14-15)23(30)19-13-18(26-27-19)17-5-1-2-8-24-17/h1-2,5-8,12-13,15H,3-4,9-11,14H2,(H,25,29)(H,26,27)/t15-/m0/s1. The second-order valence-corrected chi connectivity index (χ2v) is 7.82. The number of amides is 2. The first kappa shape index (κ1) is 20.0. The van der Waals surface area contributed by atoms with Crippen LogP contribution in [0.25, 0.3) is 11.4 Å². The number of benzene rings is 1. The lowest BCUT2D eigenvalue weighted by Crippen LogP contribution is -2.43. The lowest BCUT2D eigenvalue weighted by molar-refractivity contribution is -0.121. The van der Waals surface area contributed by atoms with Crippen LogP contribution in [0.3, 0.4) is 0 Å². The first-order chi connectivity index (χ1) is 15.7. The predicted octanol–water partition coefficient (Wildman–Crippen LogP) is 2.73. The second-order valence-electron chi connectivity index (χ2n) is 7.82. The molecule has 32 heavy (non-hydrogen) atoms. The summed E-state index contributed by atoms with van der Waals surface area (Å²) in [6, 6.07) is 12.6. The Balaban J connectivity index is 1.24. The molecule has 2 amide bonds. The molecule has 1 fully saturated rings. The Bertz CT molecular complexity index is 1130. The van der Waals surface area contributed by atoms with Gasteiger partial charge in [0.1, 0.15) is 24.6 Å². The molecule has 3 aromatic rings. The number of hydrogen-bond acceptors (Lipinski definition) is 6. The van der Waals surface area contributed by atoms with E-state index < -0.39 is 0 Å². The molecule has 9 nitrogen and oxygen atoms in total. The highest BCUT2D eigenvalue weighted by Gasteiger charge is 2.30. The van der Waals surface area contributed by atoms with E-state index in [-0.39, 0.29) is 17.7 Å². The number of H-pyrrole nitrogens is 1. The molecule has 0 aliphatic carbocycles. The van der Waals surface area contributed by atoms with Gasteiger partial charge in [-0.2, -0.15) is 5.10 Å². The summed E-state index contributed by atoms with van der Waals surface area (Å²) >= 11 is 0. The SMILES string of the molecule is O=C(Nc1ccc2c(c1)OCCO2)[C@H]1CCCN(C(=O)c2cc(-c3ccccn3)n[nH]2)C1. The first-order valence-electron chi connectivity index (χ1n) is 10.6. The van der Waals surface area contributed by atoms with Crippen LogP contribution >= 0.6 is 0 Å². The van der Waals surface area contributed by atoms with Crippen LogP contribution in [0.5, 0.6) is 11.5 Å². The highest BCUT2D eigenvalue weighted by atomic mass is 16.6. The number of ether oxygens (including phenoxy) is 2. The third-order valence-corrected chi connectivity index (χ3v) is 5.62. The molecule has 2 aliphatic heterocycles. The van der Waals surface area contributed by atoms with Gasteiger partial charge in [0.2, 0.25) is 5.91 Å². The van der Waals surface area contributed by atoms with Gasteiger partial charge in [0, 0.05) is 31.0 Å². The quantitative estimate of drug-likeness (QED) is 0.655. The molecule has 0 radical (unpaired) electrons. The average molecular weight is 433 g/mol. The Labute approximate surface area is 184 Å².